The predicted molar refractivity (Wildman–Crippen MR) is 84.8 cm³/mol. The van der Waals surface area contributed by atoms with Gasteiger partial charge in [0.25, 0.3) is 5.91 Å². The Kier molecular flexibility index (Phi) is 5.41. The van der Waals surface area contributed by atoms with E-state index >= 15 is 0 Å². The Morgan fingerprint density at radius 1 is 1.09 bits per heavy atom. The molecule has 0 aliphatic heterocycles. The summed E-state index contributed by atoms with van der Waals surface area (Å²) in [5, 5.41) is 2.66. The van der Waals surface area contributed by atoms with E-state index in [4.69, 9.17) is 14.2 Å². The van der Waals surface area contributed by atoms with Crippen molar-refractivity contribution in [2.24, 2.45) is 0 Å². The summed E-state index contributed by atoms with van der Waals surface area (Å²) in [5.41, 5.74) is 1.34. The fraction of sp³-hybridized carbons (Fsp3) is 0.235. The van der Waals surface area contributed by atoms with Crippen LogP contribution in [-0.2, 0) is 4.79 Å². The van der Waals surface area contributed by atoms with Crippen LogP contribution in [0.15, 0.2) is 36.4 Å². The molecule has 2 rings (SSSR count). The van der Waals surface area contributed by atoms with E-state index in [1.165, 1.54) is 19.2 Å². The Bertz CT molecular complexity index is 703. The van der Waals surface area contributed by atoms with Gasteiger partial charge in [0.2, 0.25) is 0 Å². The van der Waals surface area contributed by atoms with Crippen molar-refractivity contribution < 1.29 is 23.4 Å². The standard InChI is InChI=1S/C17H18FNO4/c1-11-8-16(22-3)13(9-15(11)21-2)19-17(20)10-23-14-7-5-4-6-12(14)18/h4-9H,10H2,1-3H3,(H,19,20). The molecule has 0 saturated heterocycles. The van der Waals surface area contributed by atoms with E-state index in [-0.39, 0.29) is 12.4 Å². The lowest BCUT2D eigenvalue weighted by Crippen LogP contribution is -2.21. The van der Waals surface area contributed by atoms with Crippen molar-refractivity contribution in [3.8, 4) is 17.2 Å². The average Bonchev–Trinajstić information content (AvgIpc) is 2.55. The summed E-state index contributed by atoms with van der Waals surface area (Å²) in [4.78, 5) is 12.0. The molecule has 0 bridgehead atoms. The lowest BCUT2D eigenvalue weighted by atomic mass is 10.2. The number of carbonyl (C=O) groups excluding carboxylic acids is 1. The molecule has 2 aromatic rings. The molecule has 0 spiro atoms. The van der Waals surface area contributed by atoms with Gasteiger partial charge in [0.05, 0.1) is 19.9 Å². The summed E-state index contributed by atoms with van der Waals surface area (Å²) in [5.74, 6) is 0.196. The number of halogens is 1. The molecule has 0 heterocycles. The van der Waals surface area contributed by atoms with E-state index in [9.17, 15) is 9.18 Å². The number of methoxy groups -OCH3 is 2. The molecule has 0 fully saturated rings. The third kappa shape index (κ3) is 4.12. The molecule has 0 aromatic heterocycles. The number of carbonyl (C=O) groups is 1. The first-order chi connectivity index (χ1) is 11.0. The van der Waals surface area contributed by atoms with Crippen molar-refractivity contribution >= 4 is 11.6 Å². The zero-order valence-electron chi connectivity index (χ0n) is 13.2. The van der Waals surface area contributed by atoms with Crippen molar-refractivity contribution in [2.75, 3.05) is 26.1 Å². The van der Waals surface area contributed by atoms with Crippen LogP contribution in [0, 0.1) is 12.7 Å². The van der Waals surface area contributed by atoms with E-state index < -0.39 is 11.7 Å². The fourth-order valence-corrected chi connectivity index (χ4v) is 2.04. The molecule has 0 unspecified atom stereocenters. The second-order valence-corrected chi connectivity index (χ2v) is 4.79. The Labute approximate surface area is 134 Å². The molecular weight excluding hydrogens is 301 g/mol. The maximum absolute atomic E-state index is 13.4. The Morgan fingerprint density at radius 3 is 2.43 bits per heavy atom. The van der Waals surface area contributed by atoms with Gasteiger partial charge in [0.1, 0.15) is 11.5 Å². The number of benzene rings is 2. The highest BCUT2D eigenvalue weighted by atomic mass is 19.1. The monoisotopic (exact) mass is 319 g/mol. The number of hydrogen-bond donors (Lipinski definition) is 1. The Hall–Kier alpha value is -2.76. The SMILES string of the molecule is COc1cc(NC(=O)COc2ccccc2F)c(OC)cc1C. The number of para-hydroxylation sites is 1. The number of hydrogen-bond acceptors (Lipinski definition) is 4. The minimum atomic E-state index is -0.519. The normalized spacial score (nSPS) is 10.1. The van der Waals surface area contributed by atoms with Gasteiger partial charge < -0.3 is 19.5 Å². The van der Waals surface area contributed by atoms with Gasteiger partial charge in [-0.2, -0.15) is 0 Å². The maximum atomic E-state index is 13.4. The van der Waals surface area contributed by atoms with Gasteiger partial charge in [-0.25, -0.2) is 4.39 Å². The molecule has 0 aliphatic carbocycles. The lowest BCUT2D eigenvalue weighted by Gasteiger charge is -2.14. The van der Waals surface area contributed by atoms with E-state index in [1.807, 2.05) is 6.92 Å². The Balaban J connectivity index is 2.06. The van der Waals surface area contributed by atoms with E-state index in [2.05, 4.69) is 5.32 Å². The molecule has 122 valence electrons. The molecule has 0 aliphatic rings. The molecule has 23 heavy (non-hydrogen) atoms. The zero-order valence-corrected chi connectivity index (χ0v) is 13.2. The maximum Gasteiger partial charge on any atom is 0.262 e. The van der Waals surface area contributed by atoms with Gasteiger partial charge in [-0.05, 0) is 30.7 Å². The van der Waals surface area contributed by atoms with Crippen molar-refractivity contribution in [3.63, 3.8) is 0 Å². The van der Waals surface area contributed by atoms with Crippen LogP contribution in [0.25, 0.3) is 0 Å². The van der Waals surface area contributed by atoms with Gasteiger partial charge in [-0.15, -0.1) is 0 Å². The summed E-state index contributed by atoms with van der Waals surface area (Å²) >= 11 is 0. The average molecular weight is 319 g/mol. The lowest BCUT2D eigenvalue weighted by molar-refractivity contribution is -0.118. The summed E-state index contributed by atoms with van der Waals surface area (Å²) in [6.45, 7) is 1.55. The molecule has 0 saturated carbocycles. The zero-order chi connectivity index (χ0) is 16.8. The molecular formula is C17H18FNO4. The second-order valence-electron chi connectivity index (χ2n) is 4.79. The molecule has 5 nitrogen and oxygen atoms in total. The highest BCUT2D eigenvalue weighted by Crippen LogP contribution is 2.32. The molecule has 1 N–H and O–H groups in total. The van der Waals surface area contributed by atoms with E-state index in [0.29, 0.717) is 17.2 Å². The van der Waals surface area contributed by atoms with Crippen molar-refractivity contribution in [3.05, 3.63) is 47.8 Å². The number of rotatable bonds is 6. The van der Waals surface area contributed by atoms with Crippen LogP contribution in [0.2, 0.25) is 0 Å². The van der Waals surface area contributed by atoms with Crippen LogP contribution in [0.3, 0.4) is 0 Å². The van der Waals surface area contributed by atoms with Gasteiger partial charge in [0, 0.05) is 6.07 Å². The van der Waals surface area contributed by atoms with E-state index in [0.717, 1.165) is 5.56 Å². The van der Waals surface area contributed by atoms with Gasteiger partial charge in [0.15, 0.2) is 18.2 Å². The quantitative estimate of drug-likeness (QED) is 0.888. The minimum Gasteiger partial charge on any atom is -0.496 e. The molecule has 0 atom stereocenters. The van der Waals surface area contributed by atoms with Crippen molar-refractivity contribution in [1.82, 2.24) is 0 Å². The smallest absolute Gasteiger partial charge is 0.262 e. The highest BCUT2D eigenvalue weighted by molar-refractivity contribution is 5.93. The predicted octanol–water partition coefficient (Wildman–Crippen LogP) is 3.17. The molecule has 0 radical (unpaired) electrons. The van der Waals surface area contributed by atoms with E-state index in [1.54, 1.807) is 31.4 Å². The largest absolute Gasteiger partial charge is 0.496 e. The molecule has 6 heteroatoms. The number of nitrogens with one attached hydrogen (secondary N) is 1. The topological polar surface area (TPSA) is 56.8 Å². The first-order valence-electron chi connectivity index (χ1n) is 6.95. The summed E-state index contributed by atoms with van der Waals surface area (Å²) in [6.07, 6.45) is 0. The van der Waals surface area contributed by atoms with Crippen LogP contribution in [0.4, 0.5) is 10.1 Å². The first kappa shape index (κ1) is 16.6. The third-order valence-electron chi connectivity index (χ3n) is 3.19. The highest BCUT2D eigenvalue weighted by Gasteiger charge is 2.12. The van der Waals surface area contributed by atoms with Crippen LogP contribution in [0.5, 0.6) is 17.2 Å². The van der Waals surface area contributed by atoms with Crippen molar-refractivity contribution in [1.29, 1.82) is 0 Å². The van der Waals surface area contributed by atoms with Gasteiger partial charge in [-0.3, -0.25) is 4.79 Å². The van der Waals surface area contributed by atoms with Crippen LogP contribution >= 0.6 is 0 Å². The van der Waals surface area contributed by atoms with Crippen molar-refractivity contribution in [2.45, 2.75) is 6.92 Å². The van der Waals surface area contributed by atoms with Gasteiger partial charge in [-0.1, -0.05) is 12.1 Å². The fourth-order valence-electron chi connectivity index (χ4n) is 2.04. The van der Waals surface area contributed by atoms with Crippen LogP contribution in [0.1, 0.15) is 5.56 Å². The molecule has 1 amide bonds. The number of ether oxygens (including phenoxy) is 3. The third-order valence-corrected chi connectivity index (χ3v) is 3.19. The number of aryl methyl sites for hydroxylation is 1. The number of amides is 1. The van der Waals surface area contributed by atoms with Crippen LogP contribution in [-0.4, -0.2) is 26.7 Å². The summed E-state index contributed by atoms with van der Waals surface area (Å²) in [7, 11) is 3.05. The van der Waals surface area contributed by atoms with Gasteiger partial charge >= 0.3 is 0 Å². The second kappa shape index (κ2) is 7.49. The number of anilines is 1. The Morgan fingerprint density at radius 2 is 1.78 bits per heavy atom. The first-order valence-corrected chi connectivity index (χ1v) is 6.95. The molecule has 2 aromatic carbocycles. The summed E-state index contributed by atoms with van der Waals surface area (Å²) < 4.78 is 29.1. The van der Waals surface area contributed by atoms with Crippen LogP contribution < -0.4 is 19.5 Å². The minimum absolute atomic E-state index is 0.0242. The summed E-state index contributed by atoms with van der Waals surface area (Å²) in [6, 6.07) is 9.32.